The summed E-state index contributed by atoms with van der Waals surface area (Å²) in [4.78, 5) is 0. The molecule has 0 bridgehead atoms. The van der Waals surface area contributed by atoms with Gasteiger partial charge >= 0.3 is 0 Å². The highest BCUT2D eigenvalue weighted by Crippen LogP contribution is 2.08. The third-order valence-electron chi connectivity index (χ3n) is 1.47. The van der Waals surface area contributed by atoms with Crippen LogP contribution in [0.5, 0.6) is 0 Å². The maximum absolute atomic E-state index is 10.9. The van der Waals surface area contributed by atoms with Gasteiger partial charge in [0.05, 0.1) is 12.4 Å². The summed E-state index contributed by atoms with van der Waals surface area (Å²) in [7, 11) is -4.38. The minimum absolute atomic E-state index is 0.0682. The quantitative estimate of drug-likeness (QED) is 0.512. The van der Waals surface area contributed by atoms with Crippen molar-refractivity contribution in [2.45, 2.75) is 32.6 Å². The normalized spacial score (nSPS) is 13.3. The van der Waals surface area contributed by atoms with Gasteiger partial charge in [-0.3, -0.25) is 4.18 Å². The van der Waals surface area contributed by atoms with Crippen LogP contribution in [0.4, 0.5) is 0 Å². The van der Waals surface area contributed by atoms with E-state index in [1.54, 1.807) is 6.92 Å². The Hall–Kier alpha value is 0.127. The largest absolute Gasteiger partial charge is 0.270 e. The van der Waals surface area contributed by atoms with E-state index in [1.807, 2.05) is 0 Å². The molecule has 0 unspecified atom stereocenters. The summed E-state index contributed by atoms with van der Waals surface area (Å²) in [5.41, 5.74) is 0. The molecule has 0 aromatic heterocycles. The zero-order chi connectivity index (χ0) is 9.83. The maximum atomic E-state index is 10.9. The summed E-state index contributed by atoms with van der Waals surface area (Å²) >= 11 is 0. The van der Waals surface area contributed by atoms with E-state index in [4.69, 9.17) is 4.18 Å². The Morgan fingerprint density at radius 2 is 1.75 bits per heavy atom. The van der Waals surface area contributed by atoms with Crippen molar-refractivity contribution in [1.82, 2.24) is 0 Å². The molecule has 0 amide bonds. The van der Waals surface area contributed by atoms with Crippen molar-refractivity contribution in [2.75, 3.05) is 12.4 Å². The summed E-state index contributed by atoms with van der Waals surface area (Å²) in [6.07, 6.45) is 0. The maximum Gasteiger partial charge on any atom is 0.267 e. The molecule has 0 saturated carbocycles. The number of rotatable bonds is 5. The predicted molar refractivity (Wildman–Crippen MR) is 53.6 cm³/mol. The van der Waals surface area contributed by atoms with Crippen molar-refractivity contribution in [3.63, 3.8) is 0 Å². The highest BCUT2D eigenvalue weighted by atomic mass is 32.2. The van der Waals surface area contributed by atoms with Crippen LogP contribution in [0, 0.1) is 0 Å². The average Bonchev–Trinajstić information content (AvgIpc) is 1.84. The smallest absolute Gasteiger partial charge is 0.267 e. The lowest BCUT2D eigenvalue weighted by Gasteiger charge is -2.14. The summed E-state index contributed by atoms with van der Waals surface area (Å²) < 4.78 is 26.5. The molecule has 12 heavy (non-hydrogen) atoms. The van der Waals surface area contributed by atoms with E-state index < -0.39 is 18.2 Å². The molecule has 0 aliphatic heterocycles. The van der Waals surface area contributed by atoms with Gasteiger partial charge in [0, 0.05) is 8.07 Å². The molecule has 0 aliphatic rings. The van der Waals surface area contributed by atoms with Gasteiger partial charge in [-0.25, -0.2) is 0 Å². The van der Waals surface area contributed by atoms with E-state index in [0.29, 0.717) is 6.61 Å². The number of hydrogen-bond donors (Lipinski definition) is 0. The lowest BCUT2D eigenvalue weighted by Crippen LogP contribution is -2.23. The average molecular weight is 210 g/mol. The molecule has 74 valence electrons. The summed E-state index contributed by atoms with van der Waals surface area (Å²) in [6.45, 7) is 8.51. The van der Waals surface area contributed by atoms with Crippen molar-refractivity contribution >= 4 is 18.2 Å². The van der Waals surface area contributed by atoms with Crippen LogP contribution in [0.1, 0.15) is 6.92 Å². The van der Waals surface area contributed by atoms with Gasteiger partial charge in [0.1, 0.15) is 0 Å². The second kappa shape index (κ2) is 4.39. The van der Waals surface area contributed by atoms with E-state index in [2.05, 4.69) is 19.6 Å². The van der Waals surface area contributed by atoms with Gasteiger partial charge in [0.25, 0.3) is 10.1 Å². The van der Waals surface area contributed by atoms with Gasteiger partial charge in [-0.1, -0.05) is 19.6 Å². The molecule has 0 N–H and O–H groups in total. The van der Waals surface area contributed by atoms with Crippen molar-refractivity contribution in [1.29, 1.82) is 0 Å². The molecule has 0 radical (unpaired) electrons. The van der Waals surface area contributed by atoms with Crippen LogP contribution in [0.25, 0.3) is 0 Å². The standard InChI is InChI=1S/C7H18O3SSi/c1-5-11(8,9)10-6-7-12(2,3)4/h5-7H2,1-4H3. The van der Waals surface area contributed by atoms with E-state index in [0.717, 1.165) is 6.04 Å². The van der Waals surface area contributed by atoms with Gasteiger partial charge in [-0.2, -0.15) is 8.42 Å². The molecule has 3 nitrogen and oxygen atoms in total. The molecule has 0 rings (SSSR count). The Morgan fingerprint density at radius 3 is 2.08 bits per heavy atom. The van der Waals surface area contributed by atoms with Crippen molar-refractivity contribution in [3.8, 4) is 0 Å². The fourth-order valence-corrected chi connectivity index (χ4v) is 1.92. The third kappa shape index (κ3) is 6.81. The first-order valence-electron chi connectivity index (χ1n) is 4.14. The van der Waals surface area contributed by atoms with Crippen LogP contribution in [0.3, 0.4) is 0 Å². The Labute approximate surface area is 76.3 Å². The van der Waals surface area contributed by atoms with Crippen LogP contribution in [-0.2, 0) is 14.3 Å². The summed E-state index contributed by atoms with van der Waals surface area (Å²) in [5, 5.41) is 0. The van der Waals surface area contributed by atoms with Crippen LogP contribution in [0.2, 0.25) is 25.7 Å². The molecule has 0 fully saturated rings. The third-order valence-corrected chi connectivity index (χ3v) is 4.41. The van der Waals surface area contributed by atoms with Gasteiger partial charge < -0.3 is 0 Å². The van der Waals surface area contributed by atoms with Crippen molar-refractivity contribution < 1.29 is 12.6 Å². The van der Waals surface area contributed by atoms with Crippen LogP contribution < -0.4 is 0 Å². The second-order valence-electron chi connectivity index (χ2n) is 3.98. The zero-order valence-corrected chi connectivity index (χ0v) is 10.1. The molecular formula is C7H18O3SSi. The van der Waals surface area contributed by atoms with Gasteiger partial charge in [0.2, 0.25) is 0 Å². The van der Waals surface area contributed by atoms with Gasteiger partial charge in [0.15, 0.2) is 0 Å². The predicted octanol–water partition coefficient (Wildman–Crippen LogP) is 1.69. The first-order chi connectivity index (χ1) is 5.27. The lowest BCUT2D eigenvalue weighted by atomic mass is 10.9. The fourth-order valence-electron chi connectivity index (χ4n) is 0.558. The fraction of sp³-hybridized carbons (Fsp3) is 1.00. The Morgan fingerprint density at radius 1 is 1.25 bits per heavy atom. The Balaban J connectivity index is 3.73. The minimum atomic E-state index is -3.22. The molecule has 0 heterocycles. The van der Waals surface area contributed by atoms with Crippen LogP contribution >= 0.6 is 0 Å². The van der Waals surface area contributed by atoms with Crippen LogP contribution in [-0.4, -0.2) is 28.9 Å². The summed E-state index contributed by atoms with van der Waals surface area (Å²) in [6, 6.07) is 0.895. The molecule has 0 aromatic carbocycles. The SMILES string of the molecule is CCS(=O)(=O)OCC[Si](C)(C)C. The Kier molecular flexibility index (Phi) is 4.43. The van der Waals surface area contributed by atoms with Gasteiger partial charge in [-0.05, 0) is 13.0 Å². The highest BCUT2D eigenvalue weighted by Gasteiger charge is 2.15. The van der Waals surface area contributed by atoms with E-state index in [-0.39, 0.29) is 5.75 Å². The topological polar surface area (TPSA) is 43.4 Å². The lowest BCUT2D eigenvalue weighted by molar-refractivity contribution is 0.337. The van der Waals surface area contributed by atoms with E-state index in [9.17, 15) is 8.42 Å². The monoisotopic (exact) mass is 210 g/mol. The van der Waals surface area contributed by atoms with E-state index in [1.165, 1.54) is 0 Å². The van der Waals surface area contributed by atoms with Crippen LogP contribution in [0.15, 0.2) is 0 Å². The Bertz CT molecular complexity index is 215. The van der Waals surface area contributed by atoms with Crippen molar-refractivity contribution in [3.05, 3.63) is 0 Å². The van der Waals surface area contributed by atoms with E-state index >= 15 is 0 Å². The number of hydrogen-bond acceptors (Lipinski definition) is 3. The molecule has 0 spiro atoms. The first kappa shape index (κ1) is 12.1. The molecule has 5 heteroatoms. The molecule has 0 saturated heterocycles. The highest BCUT2D eigenvalue weighted by molar-refractivity contribution is 7.86. The minimum Gasteiger partial charge on any atom is -0.270 e. The molecule has 0 atom stereocenters. The summed E-state index contributed by atoms with van der Waals surface area (Å²) in [5.74, 6) is 0.0682. The molecular weight excluding hydrogens is 192 g/mol. The molecule has 0 aliphatic carbocycles. The zero-order valence-electron chi connectivity index (χ0n) is 8.25. The molecule has 0 aromatic rings. The van der Waals surface area contributed by atoms with Gasteiger partial charge in [-0.15, -0.1) is 0 Å². The first-order valence-corrected chi connectivity index (χ1v) is 9.42. The second-order valence-corrected chi connectivity index (χ2v) is 11.5. The van der Waals surface area contributed by atoms with Crippen molar-refractivity contribution in [2.24, 2.45) is 0 Å².